The summed E-state index contributed by atoms with van der Waals surface area (Å²) in [7, 11) is 0. The molecule has 0 radical (unpaired) electrons. The molecule has 1 N–H and O–H groups in total. The van der Waals surface area contributed by atoms with Crippen LogP contribution in [-0.4, -0.2) is 21.1 Å². The number of thiophene rings is 1. The smallest absolute Gasteiger partial charge is 0.274 e. The predicted molar refractivity (Wildman–Crippen MR) is 110 cm³/mol. The van der Waals surface area contributed by atoms with Crippen molar-refractivity contribution in [3.05, 3.63) is 60.6 Å². The quantitative estimate of drug-likeness (QED) is 0.528. The van der Waals surface area contributed by atoms with Gasteiger partial charge in [-0.2, -0.15) is 11.3 Å². The second-order valence-corrected chi connectivity index (χ2v) is 8.10. The molecule has 4 rings (SSSR count). The van der Waals surface area contributed by atoms with Crippen LogP contribution < -0.4 is 14.8 Å². The number of aromatic nitrogens is 2. The van der Waals surface area contributed by atoms with E-state index in [9.17, 15) is 9.90 Å². The minimum Gasteiger partial charge on any atom is -0.503 e. The summed E-state index contributed by atoms with van der Waals surface area (Å²) in [5, 5.41) is 14.2. The van der Waals surface area contributed by atoms with Crippen molar-refractivity contribution in [2.24, 2.45) is 0 Å². The van der Waals surface area contributed by atoms with Gasteiger partial charge in [-0.25, -0.2) is 4.98 Å². The number of phenolic OH excluding ortho intramolecular Hbond substituents is 1. The molecule has 3 heterocycles. The Morgan fingerprint density at radius 3 is 2.96 bits per heavy atom. The first-order valence-corrected chi connectivity index (χ1v) is 10.4. The fourth-order valence-electron chi connectivity index (χ4n) is 2.63. The van der Waals surface area contributed by atoms with Crippen LogP contribution >= 0.6 is 34.3 Å². The van der Waals surface area contributed by atoms with Gasteiger partial charge in [-0.1, -0.05) is 29.9 Å². The van der Waals surface area contributed by atoms with E-state index in [0.717, 1.165) is 17.7 Å². The van der Waals surface area contributed by atoms with E-state index in [1.165, 1.54) is 11.3 Å². The lowest BCUT2D eigenvalue weighted by Gasteiger charge is -2.09. The fraction of sp³-hybridized carbons (Fsp3) is 0.158. The third-order valence-electron chi connectivity index (χ3n) is 3.93. The second-order valence-electron chi connectivity index (χ2n) is 5.90. The van der Waals surface area contributed by atoms with Gasteiger partial charge in [0.15, 0.2) is 16.5 Å². The molecule has 0 amide bonds. The fourth-order valence-corrected chi connectivity index (χ4v) is 4.46. The number of ether oxygens (including phenoxy) is 1. The van der Waals surface area contributed by atoms with Crippen LogP contribution in [0.3, 0.4) is 0 Å². The normalized spacial score (nSPS) is 12.1. The van der Waals surface area contributed by atoms with Gasteiger partial charge in [0.1, 0.15) is 0 Å². The molecule has 0 saturated carbocycles. The van der Waals surface area contributed by atoms with Gasteiger partial charge in [0.05, 0.1) is 21.9 Å². The number of hydrogen-bond acceptors (Lipinski definition) is 6. The Bertz CT molecular complexity index is 1210. The van der Waals surface area contributed by atoms with Crippen LogP contribution in [0.1, 0.15) is 18.9 Å². The van der Waals surface area contributed by atoms with E-state index in [1.54, 1.807) is 40.1 Å². The molecule has 0 aliphatic carbocycles. The Morgan fingerprint density at radius 1 is 1.41 bits per heavy atom. The third kappa shape index (κ3) is 3.45. The number of phenols is 1. The van der Waals surface area contributed by atoms with E-state index >= 15 is 0 Å². The van der Waals surface area contributed by atoms with Crippen LogP contribution in [0.15, 0.2) is 40.0 Å². The van der Waals surface area contributed by atoms with Crippen LogP contribution in [0.5, 0.6) is 11.5 Å². The minimum absolute atomic E-state index is 0.0917. The minimum atomic E-state index is -0.135. The van der Waals surface area contributed by atoms with Crippen molar-refractivity contribution >= 4 is 45.3 Å². The molecule has 27 heavy (non-hydrogen) atoms. The van der Waals surface area contributed by atoms with E-state index in [1.807, 2.05) is 23.8 Å². The van der Waals surface area contributed by atoms with Crippen LogP contribution in [0, 0.1) is 0 Å². The Hall–Kier alpha value is -2.35. The van der Waals surface area contributed by atoms with Crippen LogP contribution in [0.25, 0.3) is 22.3 Å². The molecule has 0 atom stereocenters. The van der Waals surface area contributed by atoms with Gasteiger partial charge >= 0.3 is 0 Å². The Kier molecular flexibility index (Phi) is 4.90. The molecule has 0 unspecified atom stereocenters. The number of rotatable bonds is 5. The van der Waals surface area contributed by atoms with Crippen molar-refractivity contribution in [1.82, 2.24) is 9.38 Å². The van der Waals surface area contributed by atoms with Crippen LogP contribution in [0.2, 0.25) is 5.02 Å². The topological polar surface area (TPSA) is 63.8 Å². The van der Waals surface area contributed by atoms with Gasteiger partial charge in [-0.3, -0.25) is 9.20 Å². The van der Waals surface area contributed by atoms with Gasteiger partial charge in [-0.15, -0.1) is 0 Å². The SMILES string of the molecule is CCCOc1cc(/C=c2\sc3nc(-c4ccsc4)cn3c2=O)cc(Cl)c1O. The van der Waals surface area contributed by atoms with Crippen LogP contribution in [0.4, 0.5) is 0 Å². The zero-order valence-electron chi connectivity index (χ0n) is 14.3. The molecular formula is C19H15ClN2O3S2. The molecule has 0 bridgehead atoms. The molecule has 138 valence electrons. The van der Waals surface area contributed by atoms with E-state index in [2.05, 4.69) is 4.98 Å². The Labute approximate surface area is 167 Å². The average molecular weight is 419 g/mol. The Morgan fingerprint density at radius 2 is 2.26 bits per heavy atom. The van der Waals surface area contributed by atoms with Gasteiger partial charge in [0.2, 0.25) is 0 Å². The number of thiazole rings is 1. The first-order valence-electron chi connectivity index (χ1n) is 8.28. The summed E-state index contributed by atoms with van der Waals surface area (Å²) in [6.07, 6.45) is 4.30. The zero-order chi connectivity index (χ0) is 19.0. The molecular weight excluding hydrogens is 404 g/mol. The van der Waals surface area contributed by atoms with Gasteiger partial charge in [0.25, 0.3) is 5.56 Å². The van der Waals surface area contributed by atoms with Gasteiger partial charge < -0.3 is 9.84 Å². The molecule has 8 heteroatoms. The maximum Gasteiger partial charge on any atom is 0.274 e. The van der Waals surface area contributed by atoms with Gasteiger partial charge in [-0.05, 0) is 41.6 Å². The lowest BCUT2D eigenvalue weighted by molar-refractivity contribution is 0.299. The highest BCUT2D eigenvalue weighted by Crippen LogP contribution is 2.35. The summed E-state index contributed by atoms with van der Waals surface area (Å²) >= 11 is 9.00. The second kappa shape index (κ2) is 7.34. The predicted octanol–water partition coefficient (Wildman–Crippen LogP) is 4.18. The third-order valence-corrected chi connectivity index (χ3v) is 5.89. The summed E-state index contributed by atoms with van der Waals surface area (Å²) in [5.41, 5.74) is 2.34. The lowest BCUT2D eigenvalue weighted by atomic mass is 10.2. The number of hydrogen-bond donors (Lipinski definition) is 1. The number of benzene rings is 1. The number of nitrogens with zero attached hydrogens (tertiary/aromatic N) is 2. The molecule has 4 aromatic rings. The summed E-state index contributed by atoms with van der Waals surface area (Å²) in [5.74, 6) is 0.218. The highest BCUT2D eigenvalue weighted by atomic mass is 35.5. The lowest BCUT2D eigenvalue weighted by Crippen LogP contribution is -2.22. The first kappa shape index (κ1) is 18.0. The molecule has 0 spiro atoms. The van der Waals surface area contributed by atoms with Crippen molar-refractivity contribution in [2.45, 2.75) is 13.3 Å². The zero-order valence-corrected chi connectivity index (χ0v) is 16.7. The van der Waals surface area contributed by atoms with E-state index in [-0.39, 0.29) is 16.3 Å². The average Bonchev–Trinajstić information content (AvgIpc) is 3.36. The molecule has 0 aliphatic heterocycles. The molecule has 1 aromatic carbocycles. The molecule has 3 aromatic heterocycles. The number of imidazole rings is 1. The van der Waals surface area contributed by atoms with Crippen molar-refractivity contribution in [2.75, 3.05) is 6.61 Å². The van der Waals surface area contributed by atoms with E-state index in [0.29, 0.717) is 27.4 Å². The highest BCUT2D eigenvalue weighted by molar-refractivity contribution is 7.15. The van der Waals surface area contributed by atoms with Gasteiger partial charge in [0, 0.05) is 17.1 Å². The summed E-state index contributed by atoms with van der Waals surface area (Å²) in [4.78, 5) is 17.9. The van der Waals surface area contributed by atoms with E-state index in [4.69, 9.17) is 16.3 Å². The maximum atomic E-state index is 12.7. The maximum absolute atomic E-state index is 12.7. The van der Waals surface area contributed by atoms with E-state index < -0.39 is 0 Å². The highest BCUT2D eigenvalue weighted by Gasteiger charge is 2.12. The van der Waals surface area contributed by atoms with Crippen molar-refractivity contribution in [1.29, 1.82) is 0 Å². The number of fused-ring (bicyclic) bond motifs is 1. The molecule has 5 nitrogen and oxygen atoms in total. The molecule has 0 saturated heterocycles. The summed E-state index contributed by atoms with van der Waals surface area (Å²) in [6, 6.07) is 5.26. The first-order chi connectivity index (χ1) is 13.1. The Balaban J connectivity index is 1.77. The molecule has 0 fully saturated rings. The van der Waals surface area contributed by atoms with Crippen molar-refractivity contribution in [3.8, 4) is 22.8 Å². The molecule has 0 aliphatic rings. The number of aromatic hydroxyl groups is 1. The summed E-state index contributed by atoms with van der Waals surface area (Å²) in [6.45, 7) is 2.45. The van der Waals surface area contributed by atoms with Crippen LogP contribution in [-0.2, 0) is 0 Å². The van der Waals surface area contributed by atoms with Crippen molar-refractivity contribution in [3.63, 3.8) is 0 Å². The monoisotopic (exact) mass is 418 g/mol. The largest absolute Gasteiger partial charge is 0.503 e. The van der Waals surface area contributed by atoms with Crippen molar-refractivity contribution < 1.29 is 9.84 Å². The standard InChI is InChI=1S/C19H15ClN2O3S2/c1-2-4-25-15-7-11(6-13(20)17(15)23)8-16-18(24)22-9-14(21-19(22)27-16)12-3-5-26-10-12/h3,5-10,23H,2,4H2,1H3/b16-8-. The summed E-state index contributed by atoms with van der Waals surface area (Å²) < 4.78 is 7.63. The number of halogens is 1.